The van der Waals surface area contributed by atoms with Crippen molar-refractivity contribution in [2.45, 2.75) is 27.3 Å². The number of para-hydroxylation sites is 1. The van der Waals surface area contributed by atoms with Crippen molar-refractivity contribution in [3.8, 4) is 11.5 Å². The standard InChI is InChI=1S/C19H18N2O.C2H6/c1-15-13-20-11-10-19(15)21-14-16-6-5-9-18(12-16)22-17-7-3-2-4-8-17;1-2/h2-13H,14H2,1H3,(H,20,21);1-2H3. The largest absolute Gasteiger partial charge is 0.457 e. The zero-order valence-electron chi connectivity index (χ0n) is 14.5. The van der Waals surface area contributed by atoms with Gasteiger partial charge in [0.25, 0.3) is 0 Å². The van der Waals surface area contributed by atoms with Gasteiger partial charge in [-0.15, -0.1) is 0 Å². The molecule has 0 spiro atoms. The van der Waals surface area contributed by atoms with E-state index in [0.29, 0.717) is 0 Å². The van der Waals surface area contributed by atoms with Crippen LogP contribution in [0.2, 0.25) is 0 Å². The lowest BCUT2D eigenvalue weighted by molar-refractivity contribution is 0.482. The summed E-state index contributed by atoms with van der Waals surface area (Å²) >= 11 is 0. The van der Waals surface area contributed by atoms with E-state index in [1.54, 1.807) is 6.20 Å². The fourth-order valence-electron chi connectivity index (χ4n) is 2.21. The third-order valence-electron chi connectivity index (χ3n) is 3.38. The number of rotatable bonds is 5. The maximum atomic E-state index is 5.86. The van der Waals surface area contributed by atoms with E-state index in [9.17, 15) is 0 Å². The number of benzene rings is 2. The van der Waals surface area contributed by atoms with Crippen molar-refractivity contribution < 1.29 is 4.74 Å². The predicted molar refractivity (Wildman–Crippen MR) is 101 cm³/mol. The molecule has 0 aliphatic heterocycles. The lowest BCUT2D eigenvalue weighted by Crippen LogP contribution is -2.01. The Balaban J connectivity index is 0.00000100. The monoisotopic (exact) mass is 320 g/mol. The highest BCUT2D eigenvalue weighted by Gasteiger charge is 2.01. The molecule has 1 heterocycles. The molecular weight excluding hydrogens is 296 g/mol. The molecular formula is C21H24N2O. The predicted octanol–water partition coefficient (Wildman–Crippen LogP) is 5.82. The zero-order valence-corrected chi connectivity index (χ0v) is 14.5. The summed E-state index contributed by atoms with van der Waals surface area (Å²) < 4.78 is 5.86. The van der Waals surface area contributed by atoms with Gasteiger partial charge in [-0.1, -0.05) is 44.2 Å². The van der Waals surface area contributed by atoms with Gasteiger partial charge in [-0.3, -0.25) is 4.98 Å². The molecule has 0 amide bonds. The summed E-state index contributed by atoms with van der Waals surface area (Å²) in [5.41, 5.74) is 3.41. The van der Waals surface area contributed by atoms with Crippen LogP contribution < -0.4 is 10.1 Å². The summed E-state index contributed by atoms with van der Waals surface area (Å²) in [5, 5.41) is 3.42. The molecule has 0 saturated heterocycles. The number of ether oxygens (including phenoxy) is 1. The molecule has 3 rings (SSSR count). The lowest BCUT2D eigenvalue weighted by Gasteiger charge is -2.10. The number of pyridine rings is 1. The van der Waals surface area contributed by atoms with E-state index < -0.39 is 0 Å². The molecule has 0 bridgehead atoms. The Morgan fingerprint density at radius 2 is 1.67 bits per heavy atom. The number of aryl methyl sites for hydroxylation is 1. The second kappa shape index (κ2) is 9.36. The van der Waals surface area contributed by atoms with Crippen molar-refractivity contribution in [1.82, 2.24) is 4.98 Å². The van der Waals surface area contributed by atoms with Gasteiger partial charge in [0.15, 0.2) is 0 Å². The van der Waals surface area contributed by atoms with Crippen LogP contribution in [0.4, 0.5) is 5.69 Å². The number of nitrogens with zero attached hydrogens (tertiary/aromatic N) is 1. The van der Waals surface area contributed by atoms with Crippen molar-refractivity contribution in [2.75, 3.05) is 5.32 Å². The number of anilines is 1. The Kier molecular flexibility index (Phi) is 6.84. The Bertz CT molecular complexity index is 742. The van der Waals surface area contributed by atoms with Gasteiger partial charge < -0.3 is 10.1 Å². The van der Waals surface area contributed by atoms with Crippen molar-refractivity contribution >= 4 is 5.69 Å². The topological polar surface area (TPSA) is 34.2 Å². The molecule has 24 heavy (non-hydrogen) atoms. The first kappa shape index (κ1) is 17.5. The summed E-state index contributed by atoms with van der Waals surface area (Å²) in [6.07, 6.45) is 3.65. The summed E-state index contributed by atoms with van der Waals surface area (Å²) in [6.45, 7) is 6.79. The van der Waals surface area contributed by atoms with Gasteiger partial charge in [-0.25, -0.2) is 0 Å². The van der Waals surface area contributed by atoms with Gasteiger partial charge in [0, 0.05) is 24.6 Å². The van der Waals surface area contributed by atoms with Crippen LogP contribution >= 0.6 is 0 Å². The average molecular weight is 320 g/mol. The van der Waals surface area contributed by atoms with Crippen molar-refractivity contribution in [2.24, 2.45) is 0 Å². The Morgan fingerprint density at radius 3 is 2.42 bits per heavy atom. The third-order valence-corrected chi connectivity index (χ3v) is 3.38. The normalized spacial score (nSPS) is 9.62. The van der Waals surface area contributed by atoms with Crippen LogP contribution in [0.1, 0.15) is 25.0 Å². The molecule has 0 aliphatic rings. The third kappa shape index (κ3) is 5.13. The van der Waals surface area contributed by atoms with E-state index in [-0.39, 0.29) is 0 Å². The molecule has 0 saturated carbocycles. The summed E-state index contributed by atoms with van der Waals surface area (Å²) in [4.78, 5) is 4.10. The fraction of sp³-hybridized carbons (Fsp3) is 0.190. The first-order valence-electron chi connectivity index (χ1n) is 8.27. The maximum absolute atomic E-state index is 5.86. The molecule has 2 aromatic carbocycles. The molecule has 0 aliphatic carbocycles. The molecule has 3 heteroatoms. The van der Waals surface area contributed by atoms with Gasteiger partial charge in [-0.2, -0.15) is 0 Å². The van der Waals surface area contributed by atoms with Crippen LogP contribution in [0, 0.1) is 6.92 Å². The fourth-order valence-corrected chi connectivity index (χ4v) is 2.21. The number of hydrogen-bond donors (Lipinski definition) is 1. The Morgan fingerprint density at radius 1 is 0.917 bits per heavy atom. The minimum Gasteiger partial charge on any atom is -0.457 e. The highest BCUT2D eigenvalue weighted by molar-refractivity contribution is 5.49. The highest BCUT2D eigenvalue weighted by atomic mass is 16.5. The SMILES string of the molecule is CC.Cc1cnccc1NCc1cccc(Oc2ccccc2)c1. The summed E-state index contributed by atoms with van der Waals surface area (Å²) in [7, 11) is 0. The van der Waals surface area contributed by atoms with Gasteiger partial charge in [-0.05, 0) is 48.4 Å². The average Bonchev–Trinajstić information content (AvgIpc) is 2.64. The van der Waals surface area contributed by atoms with Crippen molar-refractivity contribution in [3.05, 3.63) is 84.2 Å². The summed E-state index contributed by atoms with van der Waals surface area (Å²) in [5.74, 6) is 1.69. The molecule has 124 valence electrons. The van der Waals surface area contributed by atoms with Crippen LogP contribution in [0.15, 0.2) is 73.1 Å². The minimum atomic E-state index is 0.747. The van der Waals surface area contributed by atoms with E-state index in [1.165, 1.54) is 5.56 Å². The minimum absolute atomic E-state index is 0.747. The molecule has 0 unspecified atom stereocenters. The van der Waals surface area contributed by atoms with Crippen LogP contribution in [-0.4, -0.2) is 4.98 Å². The lowest BCUT2D eigenvalue weighted by atomic mass is 10.2. The van der Waals surface area contributed by atoms with E-state index in [1.807, 2.05) is 75.5 Å². The van der Waals surface area contributed by atoms with E-state index in [0.717, 1.165) is 29.3 Å². The molecule has 0 fully saturated rings. The molecule has 1 N–H and O–H groups in total. The van der Waals surface area contributed by atoms with Crippen LogP contribution in [0.5, 0.6) is 11.5 Å². The highest BCUT2D eigenvalue weighted by Crippen LogP contribution is 2.22. The quantitative estimate of drug-likeness (QED) is 0.643. The molecule has 3 nitrogen and oxygen atoms in total. The van der Waals surface area contributed by atoms with Gasteiger partial charge in [0.2, 0.25) is 0 Å². The van der Waals surface area contributed by atoms with Crippen molar-refractivity contribution in [1.29, 1.82) is 0 Å². The molecule has 0 atom stereocenters. The van der Waals surface area contributed by atoms with Crippen LogP contribution in [-0.2, 0) is 6.54 Å². The maximum Gasteiger partial charge on any atom is 0.127 e. The van der Waals surface area contributed by atoms with E-state index in [2.05, 4.69) is 22.4 Å². The van der Waals surface area contributed by atoms with E-state index >= 15 is 0 Å². The molecule has 1 aromatic heterocycles. The Hall–Kier alpha value is -2.81. The van der Waals surface area contributed by atoms with Gasteiger partial charge >= 0.3 is 0 Å². The van der Waals surface area contributed by atoms with Gasteiger partial charge in [0.1, 0.15) is 11.5 Å². The second-order valence-electron chi connectivity index (χ2n) is 5.11. The van der Waals surface area contributed by atoms with Crippen LogP contribution in [0.3, 0.4) is 0 Å². The molecule has 0 radical (unpaired) electrons. The first-order valence-corrected chi connectivity index (χ1v) is 8.27. The van der Waals surface area contributed by atoms with Crippen molar-refractivity contribution in [3.63, 3.8) is 0 Å². The van der Waals surface area contributed by atoms with Gasteiger partial charge in [0.05, 0.1) is 0 Å². The van der Waals surface area contributed by atoms with E-state index in [4.69, 9.17) is 4.74 Å². The number of nitrogens with one attached hydrogen (secondary N) is 1. The van der Waals surface area contributed by atoms with Crippen LogP contribution in [0.25, 0.3) is 0 Å². The number of aromatic nitrogens is 1. The zero-order chi connectivity index (χ0) is 17.2. The summed E-state index contributed by atoms with van der Waals surface area (Å²) in [6, 6.07) is 19.9. The Labute approximate surface area is 144 Å². The smallest absolute Gasteiger partial charge is 0.127 e. The second-order valence-corrected chi connectivity index (χ2v) is 5.11. The number of hydrogen-bond acceptors (Lipinski definition) is 3. The first-order chi connectivity index (χ1) is 11.8. The molecule has 3 aromatic rings.